The molecule has 7 rings (SSSR count). The number of carbonyl (C=O) groups excluding carboxylic acids is 3. The van der Waals surface area contributed by atoms with E-state index in [9.17, 15) is 14.4 Å². The van der Waals surface area contributed by atoms with Gasteiger partial charge in [0.05, 0.1) is 11.8 Å². The number of rotatable bonds is 8. The van der Waals surface area contributed by atoms with Crippen LogP contribution in [-0.4, -0.2) is 29.2 Å². The van der Waals surface area contributed by atoms with Crippen molar-refractivity contribution in [2.45, 2.75) is 42.0 Å². The van der Waals surface area contributed by atoms with Gasteiger partial charge in [0.15, 0.2) is 0 Å². The Balaban J connectivity index is 1.12. The van der Waals surface area contributed by atoms with Gasteiger partial charge in [-0.05, 0) is 52.8 Å². The highest BCUT2D eigenvalue weighted by Gasteiger charge is 2.72. The first-order valence-electron chi connectivity index (χ1n) is 13.1. The number of amides is 2. The van der Waals surface area contributed by atoms with Crippen LogP contribution in [0.25, 0.3) is 0 Å². The first-order valence-corrected chi connectivity index (χ1v) is 14.2. The van der Waals surface area contributed by atoms with Crippen molar-refractivity contribution in [3.8, 4) is 0 Å². The lowest BCUT2D eigenvalue weighted by atomic mass is 9.54. The summed E-state index contributed by atoms with van der Waals surface area (Å²) in [6, 6.07) is 22.4. The Morgan fingerprint density at radius 1 is 0.744 bits per heavy atom. The van der Waals surface area contributed by atoms with Crippen molar-refractivity contribution >= 4 is 52.6 Å². The van der Waals surface area contributed by atoms with Gasteiger partial charge in [-0.1, -0.05) is 78.7 Å². The summed E-state index contributed by atoms with van der Waals surface area (Å²) in [6.45, 7) is 0.456. The van der Waals surface area contributed by atoms with Crippen molar-refractivity contribution in [1.82, 2.24) is 4.90 Å². The molecule has 5 nitrogen and oxygen atoms in total. The van der Waals surface area contributed by atoms with Crippen molar-refractivity contribution in [2.24, 2.45) is 11.8 Å². The molecule has 0 N–H and O–H groups in total. The molecule has 3 aromatic carbocycles. The number of nitrogens with zero attached hydrogens (tertiary/aromatic N) is 1. The number of carbonyl (C=O) groups is 3. The van der Waals surface area contributed by atoms with Gasteiger partial charge in [-0.25, -0.2) is 0 Å². The maximum atomic E-state index is 13.8. The topological polar surface area (TPSA) is 63.7 Å². The molecule has 0 saturated carbocycles. The zero-order chi connectivity index (χ0) is 27.4. The second-order valence-corrected chi connectivity index (χ2v) is 12.0. The molecule has 2 amide bonds. The van der Waals surface area contributed by atoms with Gasteiger partial charge >= 0.3 is 5.97 Å². The summed E-state index contributed by atoms with van der Waals surface area (Å²) in [4.78, 5) is 38.8. The average Bonchev–Trinajstić information content (AvgIpc) is 3.21. The Kier molecular flexibility index (Phi) is 6.73. The Labute approximate surface area is 242 Å². The highest BCUT2D eigenvalue weighted by Crippen LogP contribution is 2.69. The molecule has 2 atom stereocenters. The number of alkyl halides is 2. The standard InChI is InChI=1S/C31H26Cl3NO4/c32-20-15-13-19(14-16-20)18-39-25(36)12-2-1-7-17-35-28(37)26-27(29(35)38)31(34)22-9-4-3-8-21(22)30(26,33)23-10-5-6-11-24(23)31/h3-6,8-11,13-16,26-27H,1-2,7,12,17-18H2/t26-,27+,30?,31?. The molecular weight excluding hydrogens is 557 g/mol. The van der Waals surface area contributed by atoms with Gasteiger partial charge in [-0.2, -0.15) is 0 Å². The fourth-order valence-electron chi connectivity index (χ4n) is 6.48. The molecule has 1 heterocycles. The van der Waals surface area contributed by atoms with Gasteiger partial charge < -0.3 is 4.74 Å². The Morgan fingerprint density at radius 3 is 1.72 bits per heavy atom. The molecule has 4 aliphatic rings. The molecule has 0 spiro atoms. The van der Waals surface area contributed by atoms with Crippen LogP contribution < -0.4 is 0 Å². The van der Waals surface area contributed by atoms with Crippen LogP contribution in [0, 0.1) is 11.8 Å². The summed E-state index contributed by atoms with van der Waals surface area (Å²) in [7, 11) is 0. The van der Waals surface area contributed by atoms with Gasteiger partial charge in [-0.15, -0.1) is 23.2 Å². The van der Waals surface area contributed by atoms with Crippen LogP contribution in [0.3, 0.4) is 0 Å². The van der Waals surface area contributed by atoms with Crippen molar-refractivity contribution in [1.29, 1.82) is 0 Å². The van der Waals surface area contributed by atoms with Crippen LogP contribution in [0.2, 0.25) is 5.02 Å². The minimum atomic E-state index is -1.16. The molecule has 200 valence electrons. The van der Waals surface area contributed by atoms with Gasteiger partial charge in [0.25, 0.3) is 0 Å². The van der Waals surface area contributed by atoms with Crippen LogP contribution in [0.15, 0.2) is 72.8 Å². The molecule has 8 heteroatoms. The zero-order valence-corrected chi connectivity index (χ0v) is 23.3. The van der Waals surface area contributed by atoms with E-state index >= 15 is 0 Å². The number of hydrogen-bond acceptors (Lipinski definition) is 4. The average molecular weight is 583 g/mol. The SMILES string of the molecule is O=C(CCCCCN1C(=O)[C@@H]2[C@H](C1=O)C1(Cl)c3ccccc3C2(Cl)c2ccccc21)OCc1ccc(Cl)cc1. The van der Waals surface area contributed by atoms with E-state index in [4.69, 9.17) is 39.5 Å². The van der Waals surface area contributed by atoms with Crippen molar-refractivity contribution in [3.63, 3.8) is 0 Å². The fraction of sp³-hybridized carbons (Fsp3) is 0.323. The van der Waals surface area contributed by atoms with Gasteiger partial charge in [0.1, 0.15) is 16.4 Å². The second-order valence-electron chi connectivity index (χ2n) is 10.4. The molecule has 1 saturated heterocycles. The number of benzene rings is 3. The summed E-state index contributed by atoms with van der Waals surface area (Å²) < 4.78 is 5.33. The quantitative estimate of drug-likeness (QED) is 0.131. The van der Waals surface area contributed by atoms with Gasteiger partial charge in [-0.3, -0.25) is 19.3 Å². The predicted molar refractivity (Wildman–Crippen MR) is 150 cm³/mol. The number of likely N-dealkylation sites (tertiary alicyclic amines) is 1. The molecule has 1 aliphatic heterocycles. The minimum absolute atomic E-state index is 0.195. The van der Waals surface area contributed by atoms with E-state index in [0.717, 1.165) is 27.8 Å². The summed E-state index contributed by atoms with van der Waals surface area (Å²) in [5.74, 6) is -2.41. The van der Waals surface area contributed by atoms with E-state index in [1.54, 1.807) is 12.1 Å². The second kappa shape index (κ2) is 9.96. The van der Waals surface area contributed by atoms with Crippen LogP contribution in [0.1, 0.15) is 53.5 Å². The molecular formula is C31H26Cl3NO4. The smallest absolute Gasteiger partial charge is 0.306 e. The number of unbranched alkanes of at least 4 members (excludes halogenated alkanes) is 2. The van der Waals surface area contributed by atoms with Crippen LogP contribution in [0.4, 0.5) is 0 Å². The molecule has 0 unspecified atom stereocenters. The van der Waals surface area contributed by atoms with E-state index in [1.807, 2.05) is 60.7 Å². The van der Waals surface area contributed by atoms with E-state index in [2.05, 4.69) is 0 Å². The number of halogens is 3. The molecule has 0 aromatic heterocycles. The lowest BCUT2D eigenvalue weighted by molar-refractivity contribution is -0.145. The first-order chi connectivity index (χ1) is 18.8. The predicted octanol–water partition coefficient (Wildman–Crippen LogP) is 6.54. The zero-order valence-electron chi connectivity index (χ0n) is 21.0. The van der Waals surface area contributed by atoms with E-state index in [0.29, 0.717) is 24.3 Å². The number of hydrogen-bond donors (Lipinski definition) is 0. The fourth-order valence-corrected chi connectivity index (χ4v) is 7.70. The molecule has 0 radical (unpaired) electrons. The summed E-state index contributed by atoms with van der Waals surface area (Å²) >= 11 is 20.7. The lowest BCUT2D eigenvalue weighted by Gasteiger charge is -2.54. The number of ether oxygens (including phenoxy) is 1. The lowest BCUT2D eigenvalue weighted by Crippen LogP contribution is -2.57. The largest absolute Gasteiger partial charge is 0.461 e. The maximum Gasteiger partial charge on any atom is 0.306 e. The highest BCUT2D eigenvalue weighted by atomic mass is 35.5. The molecule has 2 bridgehead atoms. The molecule has 3 aromatic rings. The van der Waals surface area contributed by atoms with E-state index in [1.165, 1.54) is 4.90 Å². The number of imide groups is 1. The van der Waals surface area contributed by atoms with Gasteiger partial charge in [0, 0.05) is 18.0 Å². The highest BCUT2D eigenvalue weighted by molar-refractivity contribution is 6.36. The third kappa shape index (κ3) is 4.01. The number of esters is 1. The van der Waals surface area contributed by atoms with E-state index < -0.39 is 21.6 Å². The van der Waals surface area contributed by atoms with Crippen molar-refractivity contribution in [3.05, 3.63) is 106 Å². The molecule has 1 fully saturated rings. The third-order valence-corrected chi connectivity index (χ3v) is 9.79. The van der Waals surface area contributed by atoms with E-state index in [-0.39, 0.29) is 37.4 Å². The first kappa shape index (κ1) is 26.4. The third-order valence-electron chi connectivity index (χ3n) is 8.25. The van der Waals surface area contributed by atoms with Crippen LogP contribution >= 0.6 is 34.8 Å². The Morgan fingerprint density at radius 2 is 1.23 bits per heavy atom. The normalized spacial score (nSPS) is 26.3. The molecule has 3 aliphatic carbocycles. The maximum absolute atomic E-state index is 13.8. The van der Waals surface area contributed by atoms with Crippen LogP contribution in [0.5, 0.6) is 0 Å². The summed E-state index contributed by atoms with van der Waals surface area (Å²) in [5.41, 5.74) is 4.04. The molecule has 39 heavy (non-hydrogen) atoms. The Hall–Kier alpha value is -2.86. The Bertz CT molecular complexity index is 1350. The summed E-state index contributed by atoms with van der Waals surface area (Å²) in [5, 5.41) is 0.628. The monoisotopic (exact) mass is 581 g/mol. The van der Waals surface area contributed by atoms with Crippen LogP contribution in [-0.2, 0) is 35.5 Å². The summed E-state index contributed by atoms with van der Waals surface area (Å²) in [6.07, 6.45) is 2.10. The van der Waals surface area contributed by atoms with Crippen molar-refractivity contribution in [2.75, 3.05) is 6.54 Å². The van der Waals surface area contributed by atoms with Gasteiger partial charge in [0.2, 0.25) is 11.8 Å². The van der Waals surface area contributed by atoms with Crippen molar-refractivity contribution < 1.29 is 19.1 Å². The minimum Gasteiger partial charge on any atom is -0.461 e.